The number of allylic oxidation sites excluding steroid dienone is 1. The molecule has 0 heterocycles. The molecular weight excluding hydrogens is 445 g/mol. The lowest BCUT2D eigenvalue weighted by Gasteiger charge is -2.31. The molecule has 0 fully saturated rings. The van der Waals surface area contributed by atoms with E-state index in [0.29, 0.717) is 35.6 Å². The standard InChI is InChI=1S/C29H38FNO4/c1-5-21(14-28(33)34)26-11-10-24(30)15-27(26)19(2)35-18-25(32)17-31-29(3,4)16-20-12-22-8-6-7-9-23(22)13-20/h6-11,14-15,19-20,25,31-32H,5,12-13,16-18H2,1-4H3,(H,33,34)/b21-14+/t19-,25+/m1/s1. The van der Waals surface area contributed by atoms with Crippen LogP contribution in [0, 0.1) is 11.7 Å². The summed E-state index contributed by atoms with van der Waals surface area (Å²) in [5.74, 6) is -0.874. The number of hydrogen-bond donors (Lipinski definition) is 3. The van der Waals surface area contributed by atoms with Gasteiger partial charge in [0.2, 0.25) is 0 Å². The first-order valence-electron chi connectivity index (χ1n) is 12.4. The molecule has 2 aromatic rings. The highest BCUT2D eigenvalue weighted by atomic mass is 19.1. The number of hydrogen-bond acceptors (Lipinski definition) is 4. The molecule has 2 atom stereocenters. The van der Waals surface area contributed by atoms with Crippen molar-refractivity contribution in [3.63, 3.8) is 0 Å². The number of ether oxygens (including phenoxy) is 1. The summed E-state index contributed by atoms with van der Waals surface area (Å²) in [5, 5.41) is 23.2. The van der Waals surface area contributed by atoms with Gasteiger partial charge in [0.15, 0.2) is 0 Å². The normalized spacial score (nSPS) is 16.2. The molecule has 6 heteroatoms. The van der Waals surface area contributed by atoms with Gasteiger partial charge in [0, 0.05) is 18.2 Å². The van der Waals surface area contributed by atoms with Crippen molar-refractivity contribution in [3.8, 4) is 0 Å². The molecule has 0 amide bonds. The third-order valence-corrected chi connectivity index (χ3v) is 6.77. The van der Waals surface area contributed by atoms with Gasteiger partial charge in [-0.25, -0.2) is 9.18 Å². The SMILES string of the molecule is CC/C(=C\C(=O)O)c1ccc(F)cc1[C@@H](C)OC[C@@H](O)CNC(C)(C)CC1Cc2ccccc2C1. The highest BCUT2D eigenvalue weighted by Gasteiger charge is 2.28. The summed E-state index contributed by atoms with van der Waals surface area (Å²) in [6.45, 7) is 8.43. The van der Waals surface area contributed by atoms with Crippen LogP contribution in [0.4, 0.5) is 4.39 Å². The monoisotopic (exact) mass is 483 g/mol. The summed E-state index contributed by atoms with van der Waals surface area (Å²) in [7, 11) is 0. The van der Waals surface area contributed by atoms with Crippen molar-refractivity contribution in [3.05, 3.63) is 76.6 Å². The maximum absolute atomic E-state index is 14.0. The lowest BCUT2D eigenvalue weighted by molar-refractivity contribution is -0.131. The maximum Gasteiger partial charge on any atom is 0.328 e. The number of carboxylic acid groups (broad SMARTS) is 1. The van der Waals surface area contributed by atoms with Crippen LogP contribution in [0.2, 0.25) is 0 Å². The van der Waals surface area contributed by atoms with Crippen LogP contribution in [-0.4, -0.2) is 41.0 Å². The number of nitrogens with one attached hydrogen (secondary N) is 1. The molecule has 0 radical (unpaired) electrons. The van der Waals surface area contributed by atoms with Gasteiger partial charge in [0.25, 0.3) is 0 Å². The Bertz CT molecular complexity index is 1020. The van der Waals surface area contributed by atoms with Gasteiger partial charge in [0.1, 0.15) is 5.82 Å². The summed E-state index contributed by atoms with van der Waals surface area (Å²) in [5.41, 5.74) is 4.57. The fourth-order valence-electron chi connectivity index (χ4n) is 5.07. The number of aliphatic hydroxyl groups is 1. The van der Waals surface area contributed by atoms with E-state index in [-0.39, 0.29) is 12.1 Å². The third kappa shape index (κ3) is 7.72. The van der Waals surface area contributed by atoms with Crippen LogP contribution in [0.5, 0.6) is 0 Å². The van der Waals surface area contributed by atoms with Gasteiger partial charge in [0.05, 0.1) is 18.8 Å². The van der Waals surface area contributed by atoms with Crippen LogP contribution in [0.15, 0.2) is 48.5 Å². The van der Waals surface area contributed by atoms with Crippen molar-refractivity contribution in [1.29, 1.82) is 0 Å². The van der Waals surface area contributed by atoms with Gasteiger partial charge in [-0.3, -0.25) is 0 Å². The van der Waals surface area contributed by atoms with E-state index in [0.717, 1.165) is 25.3 Å². The van der Waals surface area contributed by atoms with Crippen LogP contribution in [0.1, 0.15) is 68.9 Å². The number of aliphatic carboxylic acids is 1. The lowest BCUT2D eigenvalue weighted by atomic mass is 9.88. The summed E-state index contributed by atoms with van der Waals surface area (Å²) in [6, 6.07) is 12.9. The molecule has 0 saturated heterocycles. The minimum atomic E-state index is -1.05. The van der Waals surface area contributed by atoms with Crippen molar-refractivity contribution in [1.82, 2.24) is 5.32 Å². The Kier molecular flexibility index (Phi) is 9.22. The van der Waals surface area contributed by atoms with Gasteiger partial charge in [-0.05, 0) is 92.3 Å². The first kappa shape index (κ1) is 27.1. The van der Waals surface area contributed by atoms with Crippen LogP contribution < -0.4 is 5.32 Å². The second-order valence-electron chi connectivity index (χ2n) is 10.2. The minimum absolute atomic E-state index is 0.0825. The number of β-amino-alcohol motifs (C(OH)–C–C–N with tert-alkyl or cyclic N) is 1. The molecule has 1 aliphatic rings. The molecule has 1 aliphatic carbocycles. The second kappa shape index (κ2) is 11.9. The average Bonchev–Trinajstić information content (AvgIpc) is 3.21. The van der Waals surface area contributed by atoms with E-state index in [1.54, 1.807) is 13.0 Å². The van der Waals surface area contributed by atoms with Gasteiger partial charge in [-0.1, -0.05) is 37.3 Å². The van der Waals surface area contributed by atoms with E-state index in [2.05, 4.69) is 43.4 Å². The van der Waals surface area contributed by atoms with E-state index in [1.807, 2.05) is 6.92 Å². The van der Waals surface area contributed by atoms with Crippen molar-refractivity contribution in [2.75, 3.05) is 13.2 Å². The molecule has 0 saturated carbocycles. The van der Waals surface area contributed by atoms with Crippen molar-refractivity contribution in [2.24, 2.45) is 5.92 Å². The van der Waals surface area contributed by atoms with Crippen LogP contribution in [-0.2, 0) is 22.4 Å². The molecule has 3 rings (SSSR count). The van der Waals surface area contributed by atoms with Crippen molar-refractivity contribution < 1.29 is 24.1 Å². The van der Waals surface area contributed by atoms with E-state index >= 15 is 0 Å². The zero-order chi connectivity index (χ0) is 25.6. The van der Waals surface area contributed by atoms with Gasteiger partial charge in [-0.2, -0.15) is 0 Å². The van der Waals surface area contributed by atoms with Crippen LogP contribution >= 0.6 is 0 Å². The Labute approximate surface area is 208 Å². The average molecular weight is 484 g/mol. The summed E-state index contributed by atoms with van der Waals surface area (Å²) in [6.07, 6.45) is 3.60. The Morgan fingerprint density at radius 2 is 1.89 bits per heavy atom. The summed E-state index contributed by atoms with van der Waals surface area (Å²) in [4.78, 5) is 11.2. The molecule has 0 spiro atoms. The topological polar surface area (TPSA) is 78.8 Å². The maximum atomic E-state index is 14.0. The predicted molar refractivity (Wildman–Crippen MR) is 137 cm³/mol. The predicted octanol–water partition coefficient (Wildman–Crippen LogP) is 5.32. The zero-order valence-electron chi connectivity index (χ0n) is 21.2. The highest BCUT2D eigenvalue weighted by Crippen LogP contribution is 2.32. The molecule has 0 bridgehead atoms. The minimum Gasteiger partial charge on any atom is -0.478 e. The fourth-order valence-corrected chi connectivity index (χ4v) is 5.07. The number of carbonyl (C=O) groups is 1. The number of aliphatic hydroxyl groups excluding tert-OH is 1. The Balaban J connectivity index is 1.53. The Morgan fingerprint density at radius 1 is 1.23 bits per heavy atom. The summed E-state index contributed by atoms with van der Waals surface area (Å²) < 4.78 is 19.9. The molecule has 190 valence electrons. The molecule has 0 unspecified atom stereocenters. The second-order valence-corrected chi connectivity index (χ2v) is 10.2. The molecular formula is C29H38FNO4. The van der Waals surface area contributed by atoms with E-state index < -0.39 is 24.0 Å². The molecule has 3 N–H and O–H groups in total. The Morgan fingerprint density at radius 3 is 2.49 bits per heavy atom. The highest BCUT2D eigenvalue weighted by molar-refractivity contribution is 5.90. The molecule has 0 aliphatic heterocycles. The molecule has 0 aromatic heterocycles. The zero-order valence-corrected chi connectivity index (χ0v) is 21.2. The van der Waals surface area contributed by atoms with Gasteiger partial charge in [-0.15, -0.1) is 0 Å². The number of rotatable bonds is 12. The molecule has 35 heavy (non-hydrogen) atoms. The van der Waals surface area contributed by atoms with Gasteiger partial charge >= 0.3 is 5.97 Å². The smallest absolute Gasteiger partial charge is 0.328 e. The third-order valence-electron chi connectivity index (χ3n) is 6.77. The number of benzene rings is 2. The first-order chi connectivity index (χ1) is 16.6. The largest absolute Gasteiger partial charge is 0.478 e. The van der Waals surface area contributed by atoms with Crippen LogP contribution in [0.25, 0.3) is 5.57 Å². The van der Waals surface area contributed by atoms with Crippen LogP contribution in [0.3, 0.4) is 0 Å². The molecule has 2 aromatic carbocycles. The lowest BCUT2D eigenvalue weighted by Crippen LogP contribution is -2.45. The van der Waals surface area contributed by atoms with E-state index in [4.69, 9.17) is 4.74 Å². The Hall–Kier alpha value is -2.54. The van der Waals surface area contributed by atoms with E-state index in [1.165, 1.54) is 23.3 Å². The number of carboxylic acids is 1. The van der Waals surface area contributed by atoms with Crippen molar-refractivity contribution >= 4 is 11.5 Å². The van der Waals surface area contributed by atoms with E-state index in [9.17, 15) is 19.4 Å². The van der Waals surface area contributed by atoms with Gasteiger partial charge < -0.3 is 20.3 Å². The molecule has 5 nitrogen and oxygen atoms in total. The van der Waals surface area contributed by atoms with Crippen molar-refractivity contribution in [2.45, 2.75) is 71.1 Å². The fraction of sp³-hybridized carbons (Fsp3) is 0.483. The number of halogens is 1. The quantitative estimate of drug-likeness (QED) is 0.356. The first-order valence-corrected chi connectivity index (χ1v) is 12.4. The number of fused-ring (bicyclic) bond motifs is 1. The summed E-state index contributed by atoms with van der Waals surface area (Å²) >= 11 is 0.